The maximum Gasteiger partial charge on any atom is 0.161 e. The van der Waals surface area contributed by atoms with Gasteiger partial charge >= 0.3 is 0 Å². The summed E-state index contributed by atoms with van der Waals surface area (Å²) in [5.41, 5.74) is 1.01. The molecule has 0 aromatic heterocycles. The van der Waals surface area contributed by atoms with Crippen molar-refractivity contribution >= 4 is 0 Å². The van der Waals surface area contributed by atoms with E-state index >= 15 is 0 Å². The van der Waals surface area contributed by atoms with Crippen molar-refractivity contribution in [1.29, 1.82) is 0 Å². The van der Waals surface area contributed by atoms with Crippen LogP contribution < -0.4 is 14.8 Å². The Balaban J connectivity index is 1.83. The molecule has 0 bridgehead atoms. The fraction of sp³-hybridized carbons (Fsp3) is 0.684. The number of hydrogen-bond donors (Lipinski definition) is 2. The number of ether oxygens (including phenoxy) is 3. The van der Waals surface area contributed by atoms with Crippen molar-refractivity contribution in [3.63, 3.8) is 0 Å². The lowest BCUT2D eigenvalue weighted by atomic mass is 9.82. The monoisotopic (exact) mass is 337 g/mol. The Kier molecular flexibility index (Phi) is 6.90. The summed E-state index contributed by atoms with van der Waals surface area (Å²) in [4.78, 5) is 0. The van der Waals surface area contributed by atoms with Crippen LogP contribution in [0.2, 0.25) is 0 Å². The Hall–Kier alpha value is -1.30. The zero-order valence-corrected chi connectivity index (χ0v) is 15.3. The third-order valence-corrected chi connectivity index (χ3v) is 5.06. The number of benzene rings is 1. The van der Waals surface area contributed by atoms with E-state index in [2.05, 4.69) is 19.2 Å². The molecule has 5 nitrogen and oxygen atoms in total. The molecule has 136 valence electrons. The zero-order chi connectivity index (χ0) is 17.6. The van der Waals surface area contributed by atoms with Gasteiger partial charge in [-0.3, -0.25) is 0 Å². The van der Waals surface area contributed by atoms with Gasteiger partial charge in [-0.05, 0) is 49.8 Å². The smallest absolute Gasteiger partial charge is 0.161 e. The molecule has 0 unspecified atom stereocenters. The molecule has 24 heavy (non-hydrogen) atoms. The molecule has 0 spiro atoms. The van der Waals surface area contributed by atoms with Crippen molar-refractivity contribution in [2.45, 2.75) is 51.4 Å². The predicted octanol–water partition coefficient (Wildman–Crippen LogP) is 2.75. The first kappa shape index (κ1) is 19.0. The van der Waals surface area contributed by atoms with Gasteiger partial charge in [0.25, 0.3) is 0 Å². The first-order valence-electron chi connectivity index (χ1n) is 8.75. The van der Waals surface area contributed by atoms with Gasteiger partial charge in [0, 0.05) is 19.7 Å². The first-order valence-corrected chi connectivity index (χ1v) is 8.75. The molecule has 0 saturated carbocycles. The van der Waals surface area contributed by atoms with Crippen LogP contribution in [0, 0.1) is 5.92 Å². The first-order chi connectivity index (χ1) is 11.5. The van der Waals surface area contributed by atoms with Crippen LogP contribution in [0.15, 0.2) is 18.2 Å². The van der Waals surface area contributed by atoms with E-state index in [1.54, 1.807) is 14.2 Å². The highest BCUT2D eigenvalue weighted by atomic mass is 16.5. The lowest BCUT2D eigenvalue weighted by molar-refractivity contribution is -0.107. The summed E-state index contributed by atoms with van der Waals surface area (Å²) in [6.07, 6.45) is 2.48. The second-order valence-electron chi connectivity index (χ2n) is 6.79. The minimum Gasteiger partial charge on any atom is -0.493 e. The second-order valence-corrected chi connectivity index (χ2v) is 6.79. The summed E-state index contributed by atoms with van der Waals surface area (Å²) in [6.45, 7) is 6.29. The van der Waals surface area contributed by atoms with Crippen LogP contribution in [0.25, 0.3) is 0 Å². The highest BCUT2D eigenvalue weighted by Crippen LogP contribution is 2.33. The summed E-state index contributed by atoms with van der Waals surface area (Å²) < 4.78 is 16.4. The predicted molar refractivity (Wildman–Crippen MR) is 94.6 cm³/mol. The number of aliphatic hydroxyl groups is 1. The van der Waals surface area contributed by atoms with E-state index in [1.807, 2.05) is 18.2 Å². The van der Waals surface area contributed by atoms with Gasteiger partial charge in [0.05, 0.1) is 25.9 Å². The number of rotatable bonds is 8. The molecule has 1 saturated heterocycles. The summed E-state index contributed by atoms with van der Waals surface area (Å²) in [7, 11) is 3.26. The highest BCUT2D eigenvalue weighted by Gasteiger charge is 2.34. The summed E-state index contributed by atoms with van der Waals surface area (Å²) in [5, 5.41) is 13.8. The van der Waals surface area contributed by atoms with Gasteiger partial charge in [-0.1, -0.05) is 13.0 Å². The molecule has 5 heteroatoms. The Morgan fingerprint density at radius 2 is 2.08 bits per heavy atom. The summed E-state index contributed by atoms with van der Waals surface area (Å²) in [5.74, 6) is 1.74. The standard InChI is InChI=1S/C19H31NO4/c1-5-19(2)11-15(8-9-24-19)16(21)13-20-12-14-6-7-17(22-3)18(10-14)23-4/h6-7,10,15-16,20-21H,5,8-9,11-13H2,1-4H3/t15-,16+,19-/m1/s1. The maximum absolute atomic E-state index is 10.5. The molecule has 0 radical (unpaired) electrons. The molecule has 1 heterocycles. The summed E-state index contributed by atoms with van der Waals surface area (Å²) in [6, 6.07) is 5.86. The quantitative estimate of drug-likeness (QED) is 0.764. The Bertz CT molecular complexity index is 522. The number of nitrogens with one attached hydrogen (secondary N) is 1. The molecule has 2 N–H and O–H groups in total. The van der Waals surface area contributed by atoms with Gasteiger partial charge < -0.3 is 24.6 Å². The fourth-order valence-electron chi connectivity index (χ4n) is 3.27. The minimum atomic E-state index is -0.347. The Labute approximate surface area is 145 Å². The van der Waals surface area contributed by atoms with E-state index in [0.29, 0.717) is 19.0 Å². The topological polar surface area (TPSA) is 60.0 Å². The van der Waals surface area contributed by atoms with E-state index in [-0.39, 0.29) is 11.7 Å². The van der Waals surface area contributed by atoms with Gasteiger partial charge in [-0.15, -0.1) is 0 Å². The Morgan fingerprint density at radius 1 is 1.33 bits per heavy atom. The van der Waals surface area contributed by atoms with Crippen LogP contribution in [0.1, 0.15) is 38.7 Å². The Morgan fingerprint density at radius 3 is 2.75 bits per heavy atom. The number of hydrogen-bond acceptors (Lipinski definition) is 5. The van der Waals surface area contributed by atoms with E-state index in [9.17, 15) is 5.11 Å². The average Bonchev–Trinajstić information content (AvgIpc) is 2.61. The third-order valence-electron chi connectivity index (χ3n) is 5.06. The zero-order valence-electron chi connectivity index (χ0n) is 15.3. The highest BCUT2D eigenvalue weighted by molar-refractivity contribution is 5.42. The third kappa shape index (κ3) is 4.85. The van der Waals surface area contributed by atoms with E-state index < -0.39 is 0 Å². The average molecular weight is 337 g/mol. The lowest BCUT2D eigenvalue weighted by Gasteiger charge is -2.39. The van der Waals surface area contributed by atoms with E-state index in [0.717, 1.165) is 42.9 Å². The van der Waals surface area contributed by atoms with Crippen molar-refractivity contribution in [1.82, 2.24) is 5.32 Å². The molecule has 1 aliphatic rings. The van der Waals surface area contributed by atoms with Gasteiger partial charge in [0.1, 0.15) is 0 Å². The van der Waals surface area contributed by atoms with Crippen LogP contribution in [0.3, 0.4) is 0 Å². The summed E-state index contributed by atoms with van der Waals surface area (Å²) >= 11 is 0. The molecular weight excluding hydrogens is 306 g/mol. The van der Waals surface area contributed by atoms with Gasteiger partial charge in [0.15, 0.2) is 11.5 Å². The van der Waals surface area contributed by atoms with E-state index in [1.165, 1.54) is 0 Å². The SMILES string of the molecule is CC[C@]1(C)C[C@H]([C@@H](O)CNCc2ccc(OC)c(OC)c2)CCO1. The normalized spacial score (nSPS) is 25.3. The number of aliphatic hydroxyl groups excluding tert-OH is 1. The molecule has 3 atom stereocenters. The van der Waals surface area contributed by atoms with E-state index in [4.69, 9.17) is 14.2 Å². The van der Waals surface area contributed by atoms with Gasteiger partial charge in [0.2, 0.25) is 0 Å². The largest absolute Gasteiger partial charge is 0.493 e. The van der Waals surface area contributed by atoms with Crippen molar-refractivity contribution in [3.8, 4) is 11.5 Å². The van der Waals surface area contributed by atoms with Crippen LogP contribution in [-0.2, 0) is 11.3 Å². The maximum atomic E-state index is 10.5. The van der Waals surface area contributed by atoms with Gasteiger partial charge in [-0.25, -0.2) is 0 Å². The molecular formula is C19H31NO4. The van der Waals surface area contributed by atoms with Crippen LogP contribution in [0.4, 0.5) is 0 Å². The van der Waals surface area contributed by atoms with Crippen molar-refractivity contribution in [2.24, 2.45) is 5.92 Å². The lowest BCUT2D eigenvalue weighted by Crippen LogP contribution is -2.43. The molecule has 1 fully saturated rings. The van der Waals surface area contributed by atoms with Crippen molar-refractivity contribution < 1.29 is 19.3 Å². The van der Waals surface area contributed by atoms with Crippen LogP contribution >= 0.6 is 0 Å². The molecule has 0 aliphatic carbocycles. The molecule has 2 rings (SSSR count). The second kappa shape index (κ2) is 8.70. The molecule has 1 aliphatic heterocycles. The molecule has 1 aromatic rings. The fourth-order valence-corrected chi connectivity index (χ4v) is 3.27. The molecule has 1 aromatic carbocycles. The van der Waals surface area contributed by atoms with Gasteiger partial charge in [-0.2, -0.15) is 0 Å². The van der Waals surface area contributed by atoms with Crippen molar-refractivity contribution in [3.05, 3.63) is 23.8 Å². The minimum absolute atomic E-state index is 0.0900. The van der Waals surface area contributed by atoms with Crippen LogP contribution in [0.5, 0.6) is 11.5 Å². The number of methoxy groups -OCH3 is 2. The van der Waals surface area contributed by atoms with Crippen LogP contribution in [-0.4, -0.2) is 44.2 Å². The van der Waals surface area contributed by atoms with Crippen molar-refractivity contribution in [2.75, 3.05) is 27.4 Å². The molecule has 0 amide bonds.